The predicted octanol–water partition coefficient (Wildman–Crippen LogP) is -0.506. The number of aliphatic carboxylic acids is 1. The van der Waals surface area contributed by atoms with E-state index in [-0.39, 0.29) is 11.8 Å². The first-order valence-corrected chi connectivity index (χ1v) is 6.47. The molecule has 2 atom stereocenters. The molecule has 1 fully saturated rings. The van der Waals surface area contributed by atoms with E-state index in [1.54, 1.807) is 6.92 Å². The molecule has 104 valence electrons. The number of carbonyl (C=O) groups excluding carboxylic acids is 1. The van der Waals surface area contributed by atoms with Crippen LogP contribution in [0.15, 0.2) is 0 Å². The zero-order valence-electron chi connectivity index (χ0n) is 10.9. The third-order valence-electron chi connectivity index (χ3n) is 3.27. The van der Waals surface area contributed by atoms with Crippen molar-refractivity contribution < 1.29 is 14.7 Å². The zero-order chi connectivity index (χ0) is 13.5. The molecule has 6 heteroatoms. The molecule has 1 rings (SSSR count). The summed E-state index contributed by atoms with van der Waals surface area (Å²) >= 11 is 0. The predicted molar refractivity (Wildman–Crippen MR) is 68.0 cm³/mol. The molecule has 1 aliphatic rings. The minimum absolute atomic E-state index is 0.0353. The molecule has 6 nitrogen and oxygen atoms in total. The van der Waals surface area contributed by atoms with E-state index in [1.807, 2.05) is 0 Å². The molecule has 1 amide bonds. The molecular weight excluding hydrogens is 234 g/mol. The SMILES string of the molecule is CC(CN1CCCC(C(=O)NCCN)C1)C(=O)O. The molecule has 0 aromatic heterocycles. The highest BCUT2D eigenvalue weighted by molar-refractivity contribution is 5.79. The van der Waals surface area contributed by atoms with E-state index in [1.165, 1.54) is 0 Å². The molecule has 0 radical (unpaired) electrons. The molecule has 0 aromatic rings. The summed E-state index contributed by atoms with van der Waals surface area (Å²) in [5.41, 5.74) is 5.34. The summed E-state index contributed by atoms with van der Waals surface area (Å²) in [4.78, 5) is 24.7. The van der Waals surface area contributed by atoms with E-state index in [0.29, 0.717) is 26.2 Å². The van der Waals surface area contributed by atoms with Crippen LogP contribution in [0.3, 0.4) is 0 Å². The summed E-state index contributed by atoms with van der Waals surface area (Å²) in [5.74, 6) is -1.18. The van der Waals surface area contributed by atoms with E-state index in [2.05, 4.69) is 10.2 Å². The Morgan fingerprint density at radius 1 is 1.56 bits per heavy atom. The van der Waals surface area contributed by atoms with Gasteiger partial charge in [-0.2, -0.15) is 0 Å². The van der Waals surface area contributed by atoms with Gasteiger partial charge < -0.3 is 21.1 Å². The Kier molecular flexibility index (Phi) is 6.07. The van der Waals surface area contributed by atoms with Crippen LogP contribution in [0, 0.1) is 11.8 Å². The molecular formula is C12H23N3O3. The number of hydrogen-bond acceptors (Lipinski definition) is 4. The van der Waals surface area contributed by atoms with E-state index in [9.17, 15) is 9.59 Å². The van der Waals surface area contributed by atoms with Crippen LogP contribution in [0.4, 0.5) is 0 Å². The molecule has 0 bridgehead atoms. The van der Waals surface area contributed by atoms with Gasteiger partial charge in [0.2, 0.25) is 5.91 Å². The van der Waals surface area contributed by atoms with Crippen LogP contribution >= 0.6 is 0 Å². The van der Waals surface area contributed by atoms with Crippen molar-refractivity contribution in [3.63, 3.8) is 0 Å². The fourth-order valence-corrected chi connectivity index (χ4v) is 2.24. The summed E-state index contributed by atoms with van der Waals surface area (Å²) < 4.78 is 0. The fraction of sp³-hybridized carbons (Fsp3) is 0.833. The maximum atomic E-state index is 11.8. The molecule has 0 spiro atoms. The van der Waals surface area contributed by atoms with E-state index < -0.39 is 11.9 Å². The summed E-state index contributed by atoms with van der Waals surface area (Å²) in [6.45, 7) is 4.67. The summed E-state index contributed by atoms with van der Waals surface area (Å²) in [6.07, 6.45) is 1.81. The Hall–Kier alpha value is -1.14. The first-order valence-electron chi connectivity index (χ1n) is 6.47. The highest BCUT2D eigenvalue weighted by atomic mass is 16.4. The van der Waals surface area contributed by atoms with Gasteiger partial charge in [0.05, 0.1) is 11.8 Å². The smallest absolute Gasteiger partial charge is 0.307 e. The topological polar surface area (TPSA) is 95.7 Å². The van der Waals surface area contributed by atoms with Gasteiger partial charge in [-0.15, -0.1) is 0 Å². The fourth-order valence-electron chi connectivity index (χ4n) is 2.24. The van der Waals surface area contributed by atoms with Crippen LogP contribution in [0.5, 0.6) is 0 Å². The first kappa shape index (κ1) is 14.9. The lowest BCUT2D eigenvalue weighted by Crippen LogP contribution is -2.45. The monoisotopic (exact) mass is 257 g/mol. The molecule has 4 N–H and O–H groups in total. The number of carbonyl (C=O) groups is 2. The average Bonchev–Trinajstić information content (AvgIpc) is 2.36. The lowest BCUT2D eigenvalue weighted by Gasteiger charge is -2.32. The van der Waals surface area contributed by atoms with Gasteiger partial charge in [0.1, 0.15) is 0 Å². The molecule has 1 heterocycles. The van der Waals surface area contributed by atoms with Gasteiger partial charge >= 0.3 is 5.97 Å². The second-order valence-corrected chi connectivity index (χ2v) is 4.92. The number of carboxylic acid groups (broad SMARTS) is 1. The quantitative estimate of drug-likeness (QED) is 0.596. The standard InChI is InChI=1S/C12H23N3O3/c1-9(12(17)18)7-15-6-2-3-10(8-15)11(16)14-5-4-13/h9-10H,2-8,13H2,1H3,(H,14,16)(H,17,18). The Morgan fingerprint density at radius 3 is 2.89 bits per heavy atom. The Labute approximate surface area is 108 Å². The average molecular weight is 257 g/mol. The lowest BCUT2D eigenvalue weighted by molar-refractivity contribution is -0.141. The maximum absolute atomic E-state index is 11.8. The van der Waals surface area contributed by atoms with Gasteiger partial charge in [-0.05, 0) is 19.4 Å². The number of nitrogens with two attached hydrogens (primary N) is 1. The van der Waals surface area contributed by atoms with Gasteiger partial charge in [0.25, 0.3) is 0 Å². The molecule has 1 aliphatic heterocycles. The van der Waals surface area contributed by atoms with Crippen LogP contribution < -0.4 is 11.1 Å². The number of rotatable bonds is 6. The molecule has 0 saturated carbocycles. The summed E-state index contributed by atoms with van der Waals surface area (Å²) in [6, 6.07) is 0. The van der Waals surface area contributed by atoms with Gasteiger partial charge in [0.15, 0.2) is 0 Å². The third-order valence-corrected chi connectivity index (χ3v) is 3.27. The minimum atomic E-state index is -0.787. The second-order valence-electron chi connectivity index (χ2n) is 4.92. The number of piperidine rings is 1. The number of carboxylic acids is 1. The van der Waals surface area contributed by atoms with Crippen molar-refractivity contribution in [2.75, 3.05) is 32.7 Å². The third kappa shape index (κ3) is 4.62. The van der Waals surface area contributed by atoms with E-state index >= 15 is 0 Å². The zero-order valence-corrected chi connectivity index (χ0v) is 10.9. The number of amides is 1. The molecule has 0 aromatic carbocycles. The number of nitrogens with one attached hydrogen (secondary N) is 1. The van der Waals surface area contributed by atoms with Crippen molar-refractivity contribution in [3.8, 4) is 0 Å². The largest absolute Gasteiger partial charge is 0.481 e. The van der Waals surface area contributed by atoms with Gasteiger partial charge in [-0.3, -0.25) is 9.59 Å². The highest BCUT2D eigenvalue weighted by Gasteiger charge is 2.27. The van der Waals surface area contributed by atoms with E-state index in [4.69, 9.17) is 10.8 Å². The van der Waals surface area contributed by atoms with Crippen molar-refractivity contribution in [1.82, 2.24) is 10.2 Å². The van der Waals surface area contributed by atoms with Crippen molar-refractivity contribution in [3.05, 3.63) is 0 Å². The van der Waals surface area contributed by atoms with Crippen molar-refractivity contribution >= 4 is 11.9 Å². The van der Waals surface area contributed by atoms with Crippen LogP contribution in [0.1, 0.15) is 19.8 Å². The maximum Gasteiger partial charge on any atom is 0.307 e. The molecule has 2 unspecified atom stereocenters. The number of nitrogens with zero attached hydrogens (tertiary/aromatic N) is 1. The van der Waals surface area contributed by atoms with Gasteiger partial charge in [0, 0.05) is 26.2 Å². The van der Waals surface area contributed by atoms with Gasteiger partial charge in [-0.1, -0.05) is 6.92 Å². The molecule has 18 heavy (non-hydrogen) atoms. The lowest BCUT2D eigenvalue weighted by atomic mass is 9.96. The highest BCUT2D eigenvalue weighted by Crippen LogP contribution is 2.17. The van der Waals surface area contributed by atoms with Crippen molar-refractivity contribution in [2.45, 2.75) is 19.8 Å². The summed E-state index contributed by atoms with van der Waals surface area (Å²) in [7, 11) is 0. The van der Waals surface area contributed by atoms with Crippen LogP contribution in [0.2, 0.25) is 0 Å². The van der Waals surface area contributed by atoms with Gasteiger partial charge in [-0.25, -0.2) is 0 Å². The molecule has 1 saturated heterocycles. The van der Waals surface area contributed by atoms with E-state index in [0.717, 1.165) is 19.4 Å². The summed E-state index contributed by atoms with van der Waals surface area (Å²) in [5, 5.41) is 11.7. The van der Waals surface area contributed by atoms with Crippen molar-refractivity contribution in [2.24, 2.45) is 17.6 Å². The minimum Gasteiger partial charge on any atom is -0.481 e. The van der Waals surface area contributed by atoms with Crippen molar-refractivity contribution in [1.29, 1.82) is 0 Å². The number of likely N-dealkylation sites (tertiary alicyclic amines) is 1. The van der Waals surface area contributed by atoms with Crippen LogP contribution in [0.25, 0.3) is 0 Å². The molecule has 0 aliphatic carbocycles. The Morgan fingerprint density at radius 2 is 2.28 bits per heavy atom. The first-order chi connectivity index (χ1) is 8.54. The Bertz CT molecular complexity index is 296. The second kappa shape index (κ2) is 7.33. The van der Waals surface area contributed by atoms with Crippen LogP contribution in [-0.4, -0.2) is 54.6 Å². The normalized spacial score (nSPS) is 22.4. The van der Waals surface area contributed by atoms with Crippen LogP contribution in [-0.2, 0) is 9.59 Å². The number of hydrogen-bond donors (Lipinski definition) is 3. The Balaban J connectivity index is 2.40.